The van der Waals surface area contributed by atoms with Crippen LogP contribution >= 0.6 is 0 Å². The third kappa shape index (κ3) is 10.7. The molecule has 0 amide bonds. The van der Waals surface area contributed by atoms with Crippen LogP contribution in [-0.4, -0.2) is 5.43 Å². The van der Waals surface area contributed by atoms with Gasteiger partial charge in [0.25, 0.3) is 0 Å². The average Bonchev–Trinajstić information content (AvgIpc) is 3.20. The van der Waals surface area contributed by atoms with Crippen LogP contribution in [0.25, 0.3) is 10.8 Å². The van der Waals surface area contributed by atoms with E-state index in [2.05, 4.69) is 70.2 Å². The van der Waals surface area contributed by atoms with E-state index >= 15 is 0 Å². The molecule has 0 fully saturated rings. The molecule has 3 aromatic rings. The van der Waals surface area contributed by atoms with Crippen LogP contribution in [0, 0.1) is 0 Å². The quantitative estimate of drug-likeness (QED) is 0.385. The fraction of sp³-hybridized carbons (Fsp3) is 0.300. The van der Waals surface area contributed by atoms with Gasteiger partial charge in [0.05, 0.1) is 0 Å². The molecule has 0 N–H and O–H groups in total. The van der Waals surface area contributed by atoms with Crippen LogP contribution < -0.4 is 24.8 Å². The van der Waals surface area contributed by atoms with Gasteiger partial charge in [0.2, 0.25) is 0 Å². The topological polar surface area (TPSA) is 0 Å². The predicted molar refractivity (Wildman–Crippen MR) is 97.5 cm³/mol. The van der Waals surface area contributed by atoms with Crippen molar-refractivity contribution in [3.05, 3.63) is 72.8 Å². The fourth-order valence-electron chi connectivity index (χ4n) is 2.06. The minimum absolute atomic E-state index is 0. The summed E-state index contributed by atoms with van der Waals surface area (Å²) >= 11 is 1.80. The van der Waals surface area contributed by atoms with Crippen molar-refractivity contribution in [3.8, 4) is 0 Å². The van der Waals surface area contributed by atoms with Gasteiger partial charge in [-0.15, -0.1) is 29.7 Å². The van der Waals surface area contributed by atoms with E-state index in [9.17, 15) is 0 Å². The van der Waals surface area contributed by atoms with Gasteiger partial charge in [0.15, 0.2) is 0 Å². The number of fused-ring (bicyclic) bond motifs is 1. The SMILES string of the molecule is CC(C)[Si](=[Zr+2])C(C)C.[Cl-].[Cl-].c1cc[cH-]c1.c1ccc2[cH-]ccc2c1. The summed E-state index contributed by atoms with van der Waals surface area (Å²) in [4.78, 5) is 0. The molecular weight excluding hydrogens is 430 g/mol. The first-order valence-corrected chi connectivity index (χ1v) is 13.2. The molecule has 0 radical (unpaired) electrons. The number of benzene rings is 1. The number of hydrogen-bond acceptors (Lipinski definition) is 0. The molecule has 0 aliphatic heterocycles. The molecule has 0 saturated heterocycles. The molecule has 0 aromatic heterocycles. The number of hydrogen-bond donors (Lipinski definition) is 0. The van der Waals surface area contributed by atoms with E-state index < -0.39 is 0 Å². The molecule has 0 bridgehead atoms. The Morgan fingerprint density at radius 2 is 1.33 bits per heavy atom. The molecule has 3 aromatic carbocycles. The van der Waals surface area contributed by atoms with Crippen molar-refractivity contribution in [1.82, 2.24) is 0 Å². The summed E-state index contributed by atoms with van der Waals surface area (Å²) in [7, 11) is 0. The minimum Gasteiger partial charge on any atom is -1.00 e. The van der Waals surface area contributed by atoms with Crippen molar-refractivity contribution in [2.75, 3.05) is 0 Å². The van der Waals surface area contributed by atoms with Crippen LogP contribution in [-0.2, 0) is 23.3 Å². The zero-order valence-electron chi connectivity index (χ0n) is 14.8. The Balaban J connectivity index is 0. The predicted octanol–water partition coefficient (Wildman–Crippen LogP) is 0.317. The molecule has 0 spiro atoms. The normalized spacial score (nSPS) is 9.17. The van der Waals surface area contributed by atoms with E-state index in [4.69, 9.17) is 0 Å². The second-order valence-corrected chi connectivity index (χ2v) is 13.4. The van der Waals surface area contributed by atoms with Crippen molar-refractivity contribution in [1.29, 1.82) is 0 Å². The molecular formula is C20H26Cl2SiZr-2. The molecule has 130 valence electrons. The maximum atomic E-state index is 2.35. The zero-order chi connectivity index (χ0) is 16.4. The molecule has 3 rings (SSSR count). The van der Waals surface area contributed by atoms with Crippen LogP contribution in [0.15, 0.2) is 72.8 Å². The first-order chi connectivity index (χ1) is 10.5. The van der Waals surface area contributed by atoms with Crippen molar-refractivity contribution in [2.24, 2.45) is 0 Å². The summed E-state index contributed by atoms with van der Waals surface area (Å²) in [6.07, 6.45) is 0. The van der Waals surface area contributed by atoms with E-state index in [0.29, 0.717) is 0 Å². The molecule has 24 heavy (non-hydrogen) atoms. The van der Waals surface area contributed by atoms with E-state index in [1.54, 1.807) is 23.3 Å². The van der Waals surface area contributed by atoms with Gasteiger partial charge >= 0.3 is 67.5 Å². The van der Waals surface area contributed by atoms with Gasteiger partial charge < -0.3 is 24.8 Å². The zero-order valence-corrected chi connectivity index (χ0v) is 19.8. The first kappa shape index (κ1) is 26.1. The Morgan fingerprint density at radius 1 is 0.792 bits per heavy atom. The molecule has 0 saturated carbocycles. The van der Waals surface area contributed by atoms with Crippen LogP contribution in [0.1, 0.15) is 27.7 Å². The van der Waals surface area contributed by atoms with Crippen molar-refractivity contribution in [2.45, 2.75) is 38.8 Å². The van der Waals surface area contributed by atoms with Crippen molar-refractivity contribution < 1.29 is 48.1 Å². The Labute approximate surface area is 175 Å². The second kappa shape index (κ2) is 15.1. The van der Waals surface area contributed by atoms with Crippen molar-refractivity contribution in [3.63, 3.8) is 0 Å². The number of halogens is 2. The van der Waals surface area contributed by atoms with Gasteiger partial charge in [-0.25, -0.2) is 12.1 Å². The largest absolute Gasteiger partial charge is 1.00 e. The van der Waals surface area contributed by atoms with E-state index in [0.717, 1.165) is 11.1 Å². The fourth-order valence-corrected chi connectivity index (χ4v) is 3.39. The Hall–Kier alpha value is -0.140. The van der Waals surface area contributed by atoms with E-state index in [1.807, 2.05) is 30.3 Å². The van der Waals surface area contributed by atoms with Gasteiger partial charge in [-0.05, 0) is 0 Å². The van der Waals surface area contributed by atoms with E-state index in [1.165, 1.54) is 10.8 Å². The maximum Gasteiger partial charge on any atom is -0.0809 e. The molecule has 0 nitrogen and oxygen atoms in total. The Morgan fingerprint density at radius 3 is 1.71 bits per heavy atom. The van der Waals surface area contributed by atoms with Crippen LogP contribution in [0.5, 0.6) is 0 Å². The summed E-state index contributed by atoms with van der Waals surface area (Å²) < 4.78 is 0. The van der Waals surface area contributed by atoms with Gasteiger partial charge in [-0.1, -0.05) is 6.07 Å². The summed E-state index contributed by atoms with van der Waals surface area (Å²) in [5.74, 6) is 0. The monoisotopic (exact) mass is 454 g/mol. The van der Waals surface area contributed by atoms with E-state index in [-0.39, 0.29) is 30.2 Å². The summed E-state index contributed by atoms with van der Waals surface area (Å²) in [5.41, 5.74) is 2.04. The third-order valence-electron chi connectivity index (χ3n) is 3.35. The van der Waals surface area contributed by atoms with Crippen LogP contribution in [0.2, 0.25) is 11.1 Å². The van der Waals surface area contributed by atoms with Crippen LogP contribution in [0.3, 0.4) is 0 Å². The molecule has 0 atom stereocenters. The smallest absolute Gasteiger partial charge is 0.0809 e. The van der Waals surface area contributed by atoms with Gasteiger partial charge in [0.1, 0.15) is 0 Å². The summed E-state index contributed by atoms with van der Waals surface area (Å²) in [5, 5.41) is 2.66. The van der Waals surface area contributed by atoms with Gasteiger partial charge in [-0.3, -0.25) is 0 Å². The standard InChI is InChI=1S/C9H7.C6H14Si.C5H5.2ClH.Zr/c1-2-5-9-7-3-6-8(9)4-1;1-5(2)7-6(3)4;1-2-4-5-3-1;;;/h1-7H;5-6H,1-4H3;1-5H;2*1H;/q-1;;-1;;;+2/p-2. The van der Waals surface area contributed by atoms with Crippen LogP contribution in [0.4, 0.5) is 0 Å². The van der Waals surface area contributed by atoms with Gasteiger partial charge in [0, 0.05) is 0 Å². The Bertz CT molecular complexity index is 585. The van der Waals surface area contributed by atoms with Crippen molar-refractivity contribution >= 4 is 16.2 Å². The average molecular weight is 457 g/mol. The van der Waals surface area contributed by atoms with Gasteiger partial charge in [-0.2, -0.15) is 35.7 Å². The molecule has 0 unspecified atom stereocenters. The Kier molecular flexibility index (Phi) is 16.5. The maximum absolute atomic E-state index is 2.35. The summed E-state index contributed by atoms with van der Waals surface area (Å²) in [6, 6.07) is 24.7. The summed E-state index contributed by atoms with van der Waals surface area (Å²) in [6.45, 7) is 9.40. The molecule has 0 aliphatic carbocycles. The number of rotatable bonds is 2. The minimum atomic E-state index is 0. The molecule has 4 heteroatoms. The third-order valence-corrected chi connectivity index (χ3v) is 14.4. The molecule has 0 heterocycles. The molecule has 0 aliphatic rings. The second-order valence-electron chi connectivity index (χ2n) is 5.88. The first-order valence-electron chi connectivity index (χ1n) is 7.87.